The number of hydrogen-bond acceptors (Lipinski definition) is 7. The maximum Gasteiger partial charge on any atom is 0.338 e. The molecule has 0 unspecified atom stereocenters. The number of rotatable bonds is 6. The third-order valence-electron chi connectivity index (χ3n) is 6.42. The molecule has 1 aromatic heterocycles. The number of allylic oxidation sites excluding steroid dienone is 1. The molecule has 5 rings (SSSR count). The molecule has 1 aliphatic heterocycles. The third kappa shape index (κ3) is 4.46. The van der Waals surface area contributed by atoms with E-state index in [1.54, 1.807) is 44.8 Å². The number of halogens is 1. The number of hydrogen-bond donors (Lipinski definition) is 0. The summed E-state index contributed by atoms with van der Waals surface area (Å²) in [6, 6.07) is 16.8. The SMILES string of the molecule is CCOC(=O)C1=C(C)N=c2s/c(=C\c3cccc4ccccc34)c(=O)n2[C@H]1c1cc(OC)c(OC)cc1Br. The Morgan fingerprint density at radius 2 is 1.82 bits per heavy atom. The molecule has 1 atom stereocenters. The number of nitrogens with zero attached hydrogens (tertiary/aromatic N) is 2. The fourth-order valence-electron chi connectivity index (χ4n) is 4.68. The normalized spacial score (nSPS) is 15.3. The number of ether oxygens (including phenoxy) is 3. The van der Waals surface area contributed by atoms with Gasteiger partial charge in [-0.15, -0.1) is 0 Å². The topological polar surface area (TPSA) is 79.1 Å². The molecule has 38 heavy (non-hydrogen) atoms. The average Bonchev–Trinajstić information content (AvgIpc) is 3.22. The zero-order chi connectivity index (χ0) is 27.0. The highest BCUT2D eigenvalue weighted by Gasteiger charge is 2.35. The van der Waals surface area contributed by atoms with Crippen molar-refractivity contribution >= 4 is 50.1 Å². The van der Waals surface area contributed by atoms with Gasteiger partial charge in [-0.3, -0.25) is 9.36 Å². The van der Waals surface area contributed by atoms with E-state index in [-0.39, 0.29) is 12.2 Å². The molecule has 4 aromatic rings. The molecule has 194 valence electrons. The minimum atomic E-state index is -0.783. The molecule has 0 saturated heterocycles. The van der Waals surface area contributed by atoms with Crippen LogP contribution in [0.2, 0.25) is 0 Å². The first-order chi connectivity index (χ1) is 18.4. The van der Waals surface area contributed by atoms with E-state index in [1.165, 1.54) is 11.3 Å². The molecule has 7 nitrogen and oxygen atoms in total. The summed E-state index contributed by atoms with van der Waals surface area (Å²) in [4.78, 5) is 32.4. The molecule has 9 heteroatoms. The molecule has 0 aliphatic carbocycles. The summed E-state index contributed by atoms with van der Waals surface area (Å²) in [5.74, 6) is 0.468. The largest absolute Gasteiger partial charge is 0.493 e. The van der Waals surface area contributed by atoms with Crippen LogP contribution in [0.1, 0.15) is 31.0 Å². The van der Waals surface area contributed by atoms with Gasteiger partial charge >= 0.3 is 5.97 Å². The first-order valence-corrected chi connectivity index (χ1v) is 13.6. The van der Waals surface area contributed by atoms with Gasteiger partial charge < -0.3 is 14.2 Å². The molecule has 1 aliphatic rings. The van der Waals surface area contributed by atoms with Crippen LogP contribution in [0.3, 0.4) is 0 Å². The van der Waals surface area contributed by atoms with E-state index in [4.69, 9.17) is 14.2 Å². The van der Waals surface area contributed by atoms with E-state index in [9.17, 15) is 9.59 Å². The molecular weight excluding hydrogens is 568 g/mol. The van der Waals surface area contributed by atoms with E-state index < -0.39 is 12.0 Å². The van der Waals surface area contributed by atoms with Crippen LogP contribution >= 0.6 is 27.3 Å². The predicted molar refractivity (Wildman–Crippen MR) is 152 cm³/mol. The minimum absolute atomic E-state index is 0.195. The first kappa shape index (κ1) is 25.9. The van der Waals surface area contributed by atoms with Gasteiger partial charge in [0.15, 0.2) is 16.3 Å². The van der Waals surface area contributed by atoms with Crippen LogP contribution in [0.25, 0.3) is 16.8 Å². The predicted octanol–water partition coefficient (Wildman–Crippen LogP) is 4.73. The number of aromatic nitrogens is 1. The standard InChI is InChI=1S/C29H25BrN2O5S/c1-5-37-28(34)25-16(2)31-29-32(26(25)20-14-22(35-3)23(36-4)15-21(20)30)27(33)24(38-29)13-18-11-8-10-17-9-6-7-12-19(17)18/h6-15,26H,5H2,1-4H3/b24-13-/t26-/m0/s1. The number of carbonyl (C=O) groups excluding carboxylic acids is 1. The quantitative estimate of drug-likeness (QED) is 0.302. The molecule has 0 radical (unpaired) electrons. The van der Waals surface area contributed by atoms with Gasteiger partial charge in [-0.1, -0.05) is 69.7 Å². The number of fused-ring (bicyclic) bond motifs is 2. The van der Waals surface area contributed by atoms with Gasteiger partial charge in [-0.05, 0) is 54.0 Å². The summed E-state index contributed by atoms with van der Waals surface area (Å²) in [6.45, 7) is 3.70. The fraction of sp³-hybridized carbons (Fsp3) is 0.207. The van der Waals surface area contributed by atoms with Crippen LogP contribution < -0.4 is 24.4 Å². The smallest absolute Gasteiger partial charge is 0.338 e. The van der Waals surface area contributed by atoms with E-state index >= 15 is 0 Å². The van der Waals surface area contributed by atoms with Gasteiger partial charge in [0.1, 0.15) is 0 Å². The van der Waals surface area contributed by atoms with Gasteiger partial charge in [-0.25, -0.2) is 9.79 Å². The Morgan fingerprint density at radius 3 is 2.55 bits per heavy atom. The van der Waals surface area contributed by atoms with Gasteiger partial charge in [0.2, 0.25) is 0 Å². The summed E-state index contributed by atoms with van der Waals surface area (Å²) >= 11 is 4.91. The van der Waals surface area contributed by atoms with Gasteiger partial charge in [0, 0.05) is 4.47 Å². The van der Waals surface area contributed by atoms with Crippen LogP contribution in [-0.4, -0.2) is 31.4 Å². The molecular formula is C29H25BrN2O5S. The van der Waals surface area contributed by atoms with Crippen LogP contribution in [0, 0.1) is 0 Å². The van der Waals surface area contributed by atoms with E-state index in [0.717, 1.165) is 16.3 Å². The molecule has 3 aromatic carbocycles. The molecule has 2 heterocycles. The third-order valence-corrected chi connectivity index (χ3v) is 8.09. The Kier molecular flexibility index (Phi) is 7.23. The second kappa shape index (κ2) is 10.6. The molecule has 0 fully saturated rings. The van der Waals surface area contributed by atoms with Crippen molar-refractivity contribution in [2.45, 2.75) is 19.9 Å². The Balaban J connectivity index is 1.79. The highest BCUT2D eigenvalue weighted by molar-refractivity contribution is 9.10. The van der Waals surface area contributed by atoms with Crippen LogP contribution in [-0.2, 0) is 9.53 Å². The minimum Gasteiger partial charge on any atom is -0.493 e. The van der Waals surface area contributed by atoms with Crippen LogP contribution in [0.15, 0.2) is 80.1 Å². The maximum absolute atomic E-state index is 14.0. The highest BCUT2D eigenvalue weighted by atomic mass is 79.9. The average molecular weight is 593 g/mol. The van der Waals surface area contributed by atoms with E-state index in [1.807, 2.05) is 48.5 Å². The number of thiazole rings is 1. The first-order valence-electron chi connectivity index (χ1n) is 12.0. The van der Waals surface area contributed by atoms with Crippen molar-refractivity contribution < 1.29 is 19.0 Å². The maximum atomic E-state index is 14.0. The lowest BCUT2D eigenvalue weighted by Gasteiger charge is -2.26. The Bertz CT molecular complexity index is 1780. The van der Waals surface area contributed by atoms with Crippen molar-refractivity contribution in [3.05, 3.63) is 101 Å². The molecule has 0 saturated carbocycles. The van der Waals surface area contributed by atoms with Crippen LogP contribution in [0.4, 0.5) is 0 Å². The molecule has 0 amide bonds. The van der Waals surface area contributed by atoms with Crippen LogP contribution in [0.5, 0.6) is 11.5 Å². The van der Waals surface area contributed by atoms with E-state index in [2.05, 4.69) is 20.9 Å². The van der Waals surface area contributed by atoms with Crippen molar-refractivity contribution in [1.29, 1.82) is 0 Å². The summed E-state index contributed by atoms with van der Waals surface area (Å²) in [7, 11) is 3.09. The van der Waals surface area contributed by atoms with Crippen molar-refractivity contribution in [3.63, 3.8) is 0 Å². The molecule has 0 spiro atoms. The lowest BCUT2D eigenvalue weighted by molar-refractivity contribution is -0.139. The summed E-state index contributed by atoms with van der Waals surface area (Å²) < 4.78 is 19.1. The Labute approximate surface area is 231 Å². The second-order valence-electron chi connectivity index (χ2n) is 8.60. The molecule has 0 N–H and O–H groups in total. The zero-order valence-corrected chi connectivity index (χ0v) is 23.7. The second-order valence-corrected chi connectivity index (χ2v) is 10.5. The van der Waals surface area contributed by atoms with Gasteiger partial charge in [0.25, 0.3) is 5.56 Å². The fourth-order valence-corrected chi connectivity index (χ4v) is 6.26. The molecule has 0 bridgehead atoms. The summed E-state index contributed by atoms with van der Waals surface area (Å²) in [5.41, 5.74) is 2.12. The Morgan fingerprint density at radius 1 is 1.11 bits per heavy atom. The summed E-state index contributed by atoms with van der Waals surface area (Å²) in [5, 5.41) is 2.13. The van der Waals surface area contributed by atoms with Crippen molar-refractivity contribution in [3.8, 4) is 11.5 Å². The highest BCUT2D eigenvalue weighted by Crippen LogP contribution is 2.40. The number of benzene rings is 3. The number of carbonyl (C=O) groups is 1. The lowest BCUT2D eigenvalue weighted by atomic mass is 9.95. The summed E-state index contributed by atoms with van der Waals surface area (Å²) in [6.07, 6.45) is 1.89. The zero-order valence-electron chi connectivity index (χ0n) is 21.3. The van der Waals surface area contributed by atoms with E-state index in [0.29, 0.717) is 42.1 Å². The van der Waals surface area contributed by atoms with Crippen molar-refractivity contribution in [2.24, 2.45) is 4.99 Å². The Hall–Kier alpha value is -3.69. The van der Waals surface area contributed by atoms with Gasteiger partial charge in [0.05, 0.1) is 42.7 Å². The van der Waals surface area contributed by atoms with Crippen molar-refractivity contribution in [1.82, 2.24) is 4.57 Å². The monoisotopic (exact) mass is 592 g/mol. The lowest BCUT2D eigenvalue weighted by Crippen LogP contribution is -2.40. The number of esters is 1. The van der Waals surface area contributed by atoms with Crippen molar-refractivity contribution in [2.75, 3.05) is 20.8 Å². The van der Waals surface area contributed by atoms with Gasteiger partial charge in [-0.2, -0.15) is 0 Å². The number of methoxy groups -OCH3 is 2.